The molecule has 0 amide bonds. The first-order chi connectivity index (χ1) is 12.1. The van der Waals surface area contributed by atoms with Gasteiger partial charge in [0.05, 0.1) is 0 Å². The van der Waals surface area contributed by atoms with Crippen molar-refractivity contribution in [3.05, 3.63) is 58.9 Å². The summed E-state index contributed by atoms with van der Waals surface area (Å²) in [4.78, 5) is 15.1. The molecular weight excluding hydrogens is 322 g/mol. The highest BCUT2D eigenvalue weighted by Crippen LogP contribution is 2.47. The van der Waals surface area contributed by atoms with Gasteiger partial charge < -0.3 is 5.11 Å². The maximum Gasteiger partial charge on any atom is 0.328 e. The molecule has 26 heavy (non-hydrogen) atoms. The molecule has 1 heterocycles. The number of hydrogen-bond acceptors (Lipinski definition) is 2. The average molecular weight is 349 g/mol. The van der Waals surface area contributed by atoms with Crippen LogP contribution in [0.1, 0.15) is 62.8 Å². The molecule has 1 N–H and O–H groups in total. The number of rotatable bonds is 3. The van der Waals surface area contributed by atoms with Crippen LogP contribution in [0.2, 0.25) is 0 Å². The van der Waals surface area contributed by atoms with Gasteiger partial charge in [-0.3, -0.25) is 4.98 Å². The minimum Gasteiger partial charge on any atom is -0.478 e. The van der Waals surface area contributed by atoms with E-state index in [1.54, 1.807) is 12.3 Å². The summed E-state index contributed by atoms with van der Waals surface area (Å²) in [5.74, 6) is -0.954. The Morgan fingerprint density at radius 2 is 1.65 bits per heavy atom. The van der Waals surface area contributed by atoms with Crippen molar-refractivity contribution < 1.29 is 9.90 Å². The fraction of sp³-hybridized carbons (Fsp3) is 0.391. The Balaban J connectivity index is 2.13. The summed E-state index contributed by atoms with van der Waals surface area (Å²) >= 11 is 0. The summed E-state index contributed by atoms with van der Waals surface area (Å²) in [7, 11) is 0. The van der Waals surface area contributed by atoms with Gasteiger partial charge in [0, 0.05) is 24.0 Å². The standard InChI is InChI=1S/C23H27NO2/c1-15-10-19-20(23(4,5)9-8-22(19,2)3)12-18(15)17-11-16(13-24-14-17)6-7-21(25)26/h6-7,10-14H,8-9H2,1-5H3,(H,25,26). The highest BCUT2D eigenvalue weighted by Gasteiger charge is 2.37. The van der Waals surface area contributed by atoms with E-state index < -0.39 is 5.97 Å². The lowest BCUT2D eigenvalue weighted by atomic mass is 9.62. The van der Waals surface area contributed by atoms with Crippen molar-refractivity contribution in [2.45, 2.75) is 58.3 Å². The quantitative estimate of drug-likeness (QED) is 0.744. The third-order valence-corrected chi connectivity index (χ3v) is 5.69. The molecule has 0 unspecified atom stereocenters. The van der Waals surface area contributed by atoms with Gasteiger partial charge in [0.1, 0.15) is 0 Å². The van der Waals surface area contributed by atoms with Crippen LogP contribution in [0.25, 0.3) is 17.2 Å². The Morgan fingerprint density at radius 3 is 2.27 bits per heavy atom. The van der Waals surface area contributed by atoms with Crippen LogP contribution in [-0.2, 0) is 15.6 Å². The Morgan fingerprint density at radius 1 is 1.04 bits per heavy atom. The van der Waals surface area contributed by atoms with Crippen LogP contribution in [0.5, 0.6) is 0 Å². The monoisotopic (exact) mass is 349 g/mol. The zero-order valence-electron chi connectivity index (χ0n) is 16.3. The van der Waals surface area contributed by atoms with Crippen LogP contribution in [0.3, 0.4) is 0 Å². The zero-order chi connectivity index (χ0) is 19.1. The zero-order valence-corrected chi connectivity index (χ0v) is 16.3. The smallest absolute Gasteiger partial charge is 0.328 e. The van der Waals surface area contributed by atoms with Crippen molar-refractivity contribution in [3.63, 3.8) is 0 Å². The Hall–Kier alpha value is -2.42. The van der Waals surface area contributed by atoms with E-state index in [-0.39, 0.29) is 10.8 Å². The molecule has 0 aliphatic heterocycles. The maximum absolute atomic E-state index is 10.8. The first kappa shape index (κ1) is 18.4. The summed E-state index contributed by atoms with van der Waals surface area (Å²) in [6, 6.07) is 6.67. The number of carboxylic acid groups (broad SMARTS) is 1. The molecule has 3 rings (SSSR count). The molecule has 0 saturated heterocycles. The molecule has 3 heteroatoms. The highest BCUT2D eigenvalue weighted by molar-refractivity contribution is 5.85. The number of carboxylic acids is 1. The van der Waals surface area contributed by atoms with E-state index in [2.05, 4.69) is 51.7 Å². The van der Waals surface area contributed by atoms with Crippen molar-refractivity contribution in [2.24, 2.45) is 0 Å². The number of aryl methyl sites for hydroxylation is 1. The summed E-state index contributed by atoms with van der Waals surface area (Å²) < 4.78 is 0. The molecule has 0 bridgehead atoms. The topological polar surface area (TPSA) is 50.2 Å². The molecule has 0 saturated carbocycles. The minimum atomic E-state index is -0.954. The van der Waals surface area contributed by atoms with Gasteiger partial charge in [-0.25, -0.2) is 4.79 Å². The normalized spacial score (nSPS) is 17.9. The molecule has 0 fully saturated rings. The SMILES string of the molecule is Cc1cc2c(cc1-c1cncc(C=CC(=O)O)c1)C(C)(C)CCC2(C)C. The van der Waals surface area contributed by atoms with E-state index in [1.807, 2.05) is 12.3 Å². The number of nitrogens with zero attached hydrogens (tertiary/aromatic N) is 1. The molecule has 0 radical (unpaired) electrons. The Labute approximate surface area is 155 Å². The highest BCUT2D eigenvalue weighted by atomic mass is 16.4. The summed E-state index contributed by atoms with van der Waals surface area (Å²) in [6.07, 6.45) is 8.64. The molecule has 0 atom stereocenters. The molecule has 1 aliphatic carbocycles. The number of pyridine rings is 1. The van der Waals surface area contributed by atoms with E-state index in [4.69, 9.17) is 5.11 Å². The number of fused-ring (bicyclic) bond motifs is 1. The van der Waals surface area contributed by atoms with Crippen molar-refractivity contribution in [1.29, 1.82) is 0 Å². The maximum atomic E-state index is 10.8. The Kier molecular flexibility index (Phi) is 4.51. The summed E-state index contributed by atoms with van der Waals surface area (Å²) in [5.41, 5.74) is 7.44. The first-order valence-corrected chi connectivity index (χ1v) is 9.12. The summed E-state index contributed by atoms with van der Waals surface area (Å²) in [6.45, 7) is 11.5. The lowest BCUT2D eigenvalue weighted by molar-refractivity contribution is -0.131. The van der Waals surface area contributed by atoms with E-state index in [0.29, 0.717) is 0 Å². The fourth-order valence-corrected chi connectivity index (χ4v) is 3.90. The molecule has 1 aromatic carbocycles. The number of carbonyl (C=O) groups is 1. The number of benzene rings is 1. The average Bonchev–Trinajstić information content (AvgIpc) is 2.57. The molecule has 1 aromatic heterocycles. The predicted octanol–water partition coefficient (Wildman–Crippen LogP) is 5.50. The van der Waals surface area contributed by atoms with E-state index in [0.717, 1.165) is 17.2 Å². The second kappa shape index (κ2) is 6.39. The molecule has 0 spiro atoms. The van der Waals surface area contributed by atoms with Crippen LogP contribution < -0.4 is 0 Å². The lowest BCUT2D eigenvalue weighted by Gasteiger charge is -2.42. The Bertz CT molecular complexity index is 891. The van der Waals surface area contributed by atoms with Crippen LogP contribution in [0, 0.1) is 6.92 Å². The van der Waals surface area contributed by atoms with Gasteiger partial charge in [-0.2, -0.15) is 0 Å². The third-order valence-electron chi connectivity index (χ3n) is 5.69. The van der Waals surface area contributed by atoms with E-state index >= 15 is 0 Å². The van der Waals surface area contributed by atoms with Crippen molar-refractivity contribution >= 4 is 12.0 Å². The number of aliphatic carboxylic acids is 1. The van der Waals surface area contributed by atoms with Crippen molar-refractivity contribution in [1.82, 2.24) is 4.98 Å². The van der Waals surface area contributed by atoms with Crippen LogP contribution in [0.4, 0.5) is 0 Å². The molecule has 1 aliphatic rings. The molecular formula is C23H27NO2. The number of hydrogen-bond donors (Lipinski definition) is 1. The van der Waals surface area contributed by atoms with Gasteiger partial charge in [0.25, 0.3) is 0 Å². The van der Waals surface area contributed by atoms with E-state index in [9.17, 15) is 4.79 Å². The lowest BCUT2D eigenvalue weighted by Crippen LogP contribution is -2.34. The van der Waals surface area contributed by atoms with Crippen LogP contribution >= 0.6 is 0 Å². The van der Waals surface area contributed by atoms with Gasteiger partial charge >= 0.3 is 5.97 Å². The van der Waals surface area contributed by atoms with Crippen LogP contribution in [0.15, 0.2) is 36.7 Å². The molecule has 3 nitrogen and oxygen atoms in total. The van der Waals surface area contributed by atoms with Gasteiger partial charge in [-0.15, -0.1) is 0 Å². The third kappa shape index (κ3) is 3.44. The van der Waals surface area contributed by atoms with Gasteiger partial charge in [-0.1, -0.05) is 33.8 Å². The minimum absolute atomic E-state index is 0.154. The second-order valence-corrected chi connectivity index (χ2v) is 8.66. The first-order valence-electron chi connectivity index (χ1n) is 9.12. The molecule has 2 aromatic rings. The van der Waals surface area contributed by atoms with E-state index in [1.165, 1.54) is 35.1 Å². The van der Waals surface area contributed by atoms with Crippen LogP contribution in [-0.4, -0.2) is 16.1 Å². The largest absolute Gasteiger partial charge is 0.478 e. The second-order valence-electron chi connectivity index (χ2n) is 8.66. The van der Waals surface area contributed by atoms with Gasteiger partial charge in [0.2, 0.25) is 0 Å². The molecule has 136 valence electrons. The summed E-state index contributed by atoms with van der Waals surface area (Å²) in [5, 5.41) is 8.84. The predicted molar refractivity (Wildman–Crippen MR) is 106 cm³/mol. The van der Waals surface area contributed by atoms with Gasteiger partial charge in [-0.05, 0) is 76.6 Å². The van der Waals surface area contributed by atoms with Crippen molar-refractivity contribution in [3.8, 4) is 11.1 Å². The number of aromatic nitrogens is 1. The fourth-order valence-electron chi connectivity index (χ4n) is 3.90. The van der Waals surface area contributed by atoms with Gasteiger partial charge in [0.15, 0.2) is 0 Å². The van der Waals surface area contributed by atoms with Crippen molar-refractivity contribution in [2.75, 3.05) is 0 Å².